The van der Waals surface area contributed by atoms with E-state index >= 15 is 0 Å². The Hall–Kier alpha value is -4.48. The Morgan fingerprint density at radius 2 is 1.28 bits per heavy atom. The number of hydrogen-bond donors (Lipinski definition) is 4. The molecule has 0 unspecified atom stereocenters. The molecule has 0 bridgehead atoms. The number of carbonyl (C=O) groups is 4. The SMILES string of the molecule is CN(C)c1cccc(CN2CCC(CN3CCc4ccccc4C3)CC2)c1.O=C(O)C=CC(=O)O.O=C(O)C=CC(=O)O. The molecule has 0 radical (unpaired) electrons. The number of carboxylic acid groups (broad SMARTS) is 4. The first-order valence-corrected chi connectivity index (χ1v) is 14.0. The van der Waals surface area contributed by atoms with E-state index in [1.165, 1.54) is 56.7 Å². The molecule has 11 heteroatoms. The van der Waals surface area contributed by atoms with Gasteiger partial charge in [0.05, 0.1) is 0 Å². The first-order valence-electron chi connectivity index (χ1n) is 14.0. The molecule has 2 heterocycles. The number of anilines is 1. The largest absolute Gasteiger partial charge is 0.478 e. The molecule has 1 fully saturated rings. The van der Waals surface area contributed by atoms with E-state index in [-0.39, 0.29) is 0 Å². The Bertz CT molecular complexity index is 1220. The first kappa shape index (κ1) is 34.7. The van der Waals surface area contributed by atoms with Crippen LogP contribution in [0.3, 0.4) is 0 Å². The van der Waals surface area contributed by atoms with Gasteiger partial charge in [-0.15, -0.1) is 0 Å². The van der Waals surface area contributed by atoms with E-state index in [1.807, 2.05) is 0 Å². The maximum absolute atomic E-state index is 9.55. The van der Waals surface area contributed by atoms with Crippen molar-refractivity contribution in [1.82, 2.24) is 9.80 Å². The van der Waals surface area contributed by atoms with Crippen molar-refractivity contribution in [3.8, 4) is 0 Å². The lowest BCUT2D eigenvalue weighted by molar-refractivity contribution is -0.134. The van der Waals surface area contributed by atoms with Crippen LogP contribution in [0.1, 0.15) is 29.5 Å². The third-order valence-corrected chi connectivity index (χ3v) is 7.00. The molecule has 2 aliphatic heterocycles. The quantitative estimate of drug-likeness (QED) is 0.315. The monoisotopic (exact) mass is 595 g/mol. The number of piperidine rings is 1. The molecule has 2 aromatic rings. The van der Waals surface area contributed by atoms with E-state index in [2.05, 4.69) is 77.3 Å². The number of carboxylic acids is 4. The summed E-state index contributed by atoms with van der Waals surface area (Å²) in [5.41, 5.74) is 5.84. The fraction of sp³-hybridized carbons (Fsp3) is 0.375. The van der Waals surface area contributed by atoms with Crippen LogP contribution in [0.15, 0.2) is 72.8 Å². The van der Waals surface area contributed by atoms with Crippen LogP contribution in [-0.2, 0) is 38.7 Å². The average Bonchev–Trinajstić information content (AvgIpc) is 2.97. The standard InChI is InChI=1S/C24H33N3.2C4H4O4/c1-25(2)24-9-5-6-21(16-24)18-26-13-10-20(11-14-26)17-27-15-12-22-7-3-4-8-23(22)19-27;2*5-3(6)1-2-4(7)8/h3-9,16,20H,10-15,17-19H2,1-2H3;2*1-2H,(H,5,6)(H,7,8). The van der Waals surface area contributed by atoms with Gasteiger partial charge in [-0.1, -0.05) is 36.4 Å². The van der Waals surface area contributed by atoms with Crippen LogP contribution >= 0.6 is 0 Å². The van der Waals surface area contributed by atoms with Crippen molar-refractivity contribution < 1.29 is 39.6 Å². The molecule has 4 rings (SSSR count). The summed E-state index contributed by atoms with van der Waals surface area (Å²) < 4.78 is 0. The third-order valence-electron chi connectivity index (χ3n) is 7.00. The normalized spacial score (nSPS) is 15.5. The van der Waals surface area contributed by atoms with E-state index in [4.69, 9.17) is 20.4 Å². The van der Waals surface area contributed by atoms with Crippen molar-refractivity contribution in [1.29, 1.82) is 0 Å². The molecule has 2 aromatic carbocycles. The molecule has 4 N–H and O–H groups in total. The number of hydrogen-bond acceptors (Lipinski definition) is 7. The highest BCUT2D eigenvalue weighted by atomic mass is 16.4. The summed E-state index contributed by atoms with van der Waals surface area (Å²) >= 11 is 0. The molecule has 0 aromatic heterocycles. The smallest absolute Gasteiger partial charge is 0.328 e. The van der Waals surface area contributed by atoms with Gasteiger partial charge in [0.1, 0.15) is 0 Å². The van der Waals surface area contributed by atoms with Crippen molar-refractivity contribution in [2.45, 2.75) is 32.4 Å². The van der Waals surface area contributed by atoms with Crippen molar-refractivity contribution >= 4 is 29.6 Å². The van der Waals surface area contributed by atoms with Crippen LogP contribution < -0.4 is 4.90 Å². The zero-order valence-corrected chi connectivity index (χ0v) is 24.6. The number of aliphatic carboxylic acids is 4. The Morgan fingerprint density at radius 1 is 0.744 bits per heavy atom. The number of likely N-dealkylation sites (tertiary alicyclic amines) is 1. The molecule has 43 heavy (non-hydrogen) atoms. The number of fused-ring (bicyclic) bond motifs is 1. The summed E-state index contributed by atoms with van der Waals surface area (Å²) in [6.07, 6.45) is 6.13. The van der Waals surface area contributed by atoms with Crippen LogP contribution in [-0.4, -0.2) is 94.4 Å². The highest BCUT2D eigenvalue weighted by Gasteiger charge is 2.23. The minimum absolute atomic E-state index is 0.558. The highest BCUT2D eigenvalue weighted by molar-refractivity contribution is 5.90. The molecule has 1 saturated heterocycles. The molecule has 2 aliphatic rings. The number of nitrogens with zero attached hydrogens (tertiary/aromatic N) is 3. The van der Waals surface area contributed by atoms with Gasteiger partial charge >= 0.3 is 23.9 Å². The minimum atomic E-state index is -1.26. The van der Waals surface area contributed by atoms with Crippen molar-refractivity contribution in [2.24, 2.45) is 5.92 Å². The second-order valence-electron chi connectivity index (χ2n) is 10.6. The van der Waals surface area contributed by atoms with E-state index in [0.717, 1.165) is 19.0 Å². The van der Waals surface area contributed by atoms with Gasteiger partial charge in [-0.25, -0.2) is 19.2 Å². The van der Waals surface area contributed by atoms with Gasteiger partial charge in [0.15, 0.2) is 0 Å². The van der Waals surface area contributed by atoms with E-state index in [1.54, 1.807) is 11.1 Å². The Morgan fingerprint density at radius 3 is 1.79 bits per heavy atom. The van der Waals surface area contributed by atoms with Gasteiger partial charge in [0.2, 0.25) is 0 Å². The summed E-state index contributed by atoms with van der Waals surface area (Å²) in [7, 11) is 4.23. The molecule has 0 spiro atoms. The molecule has 0 aliphatic carbocycles. The Kier molecular flexibility index (Phi) is 14.6. The van der Waals surface area contributed by atoms with Crippen LogP contribution in [0, 0.1) is 5.92 Å². The zero-order chi connectivity index (χ0) is 31.8. The van der Waals surface area contributed by atoms with Crippen LogP contribution in [0.25, 0.3) is 0 Å². The van der Waals surface area contributed by atoms with Crippen molar-refractivity contribution in [3.63, 3.8) is 0 Å². The summed E-state index contributed by atoms with van der Waals surface area (Å²) in [5.74, 6) is -4.17. The Labute approximate surface area is 252 Å². The van der Waals surface area contributed by atoms with Gasteiger partial charge in [-0.2, -0.15) is 0 Å². The molecular weight excluding hydrogens is 554 g/mol. The molecule has 0 atom stereocenters. The topological polar surface area (TPSA) is 159 Å². The second-order valence-corrected chi connectivity index (χ2v) is 10.6. The fourth-order valence-electron chi connectivity index (χ4n) is 4.88. The number of benzene rings is 2. The molecular formula is C32H41N3O8. The predicted molar refractivity (Wildman–Crippen MR) is 163 cm³/mol. The highest BCUT2D eigenvalue weighted by Crippen LogP contribution is 2.24. The van der Waals surface area contributed by atoms with Crippen LogP contribution in [0.2, 0.25) is 0 Å². The summed E-state index contributed by atoms with van der Waals surface area (Å²) in [4.78, 5) is 45.7. The van der Waals surface area contributed by atoms with Crippen molar-refractivity contribution in [2.75, 3.05) is 45.2 Å². The van der Waals surface area contributed by atoms with Crippen LogP contribution in [0.5, 0.6) is 0 Å². The predicted octanol–water partition coefficient (Wildman–Crippen LogP) is 3.45. The molecule has 0 saturated carbocycles. The molecule has 0 amide bonds. The van der Waals surface area contributed by atoms with Gasteiger partial charge in [-0.05, 0) is 67.1 Å². The fourth-order valence-corrected chi connectivity index (χ4v) is 4.88. The van der Waals surface area contributed by atoms with Gasteiger partial charge in [0, 0.05) is 70.3 Å². The van der Waals surface area contributed by atoms with Crippen LogP contribution in [0.4, 0.5) is 5.69 Å². The van der Waals surface area contributed by atoms with Crippen molar-refractivity contribution in [3.05, 3.63) is 89.5 Å². The Balaban J connectivity index is 0.000000334. The van der Waals surface area contributed by atoms with Gasteiger partial charge < -0.3 is 25.3 Å². The molecule has 232 valence electrons. The summed E-state index contributed by atoms with van der Waals surface area (Å²) in [6, 6.07) is 18.0. The maximum Gasteiger partial charge on any atom is 0.328 e. The third kappa shape index (κ3) is 14.3. The van der Waals surface area contributed by atoms with E-state index < -0.39 is 23.9 Å². The second kappa shape index (κ2) is 18.1. The average molecular weight is 596 g/mol. The van der Waals surface area contributed by atoms with Gasteiger partial charge in [-0.3, -0.25) is 9.80 Å². The van der Waals surface area contributed by atoms with Gasteiger partial charge in [0.25, 0.3) is 0 Å². The minimum Gasteiger partial charge on any atom is -0.478 e. The van der Waals surface area contributed by atoms with E-state index in [0.29, 0.717) is 24.3 Å². The van der Waals surface area contributed by atoms with E-state index in [9.17, 15) is 19.2 Å². The summed E-state index contributed by atoms with van der Waals surface area (Å²) in [5, 5.41) is 31.2. The summed E-state index contributed by atoms with van der Waals surface area (Å²) in [6.45, 7) is 7.22. The molecule has 11 nitrogen and oxygen atoms in total. The zero-order valence-electron chi connectivity index (χ0n) is 24.6. The lowest BCUT2D eigenvalue weighted by atomic mass is 9.93. The lowest BCUT2D eigenvalue weighted by Crippen LogP contribution is -2.40. The maximum atomic E-state index is 9.55. The number of rotatable bonds is 9. The lowest BCUT2D eigenvalue weighted by Gasteiger charge is -2.36. The first-order chi connectivity index (χ1) is 20.4.